The summed E-state index contributed by atoms with van der Waals surface area (Å²) in [5, 5.41) is 12.4. The fourth-order valence-electron chi connectivity index (χ4n) is 3.54. The first-order chi connectivity index (χ1) is 11.9. The first-order valence-corrected chi connectivity index (χ1v) is 8.89. The summed E-state index contributed by atoms with van der Waals surface area (Å²) in [4.78, 5) is 2.42. The molecule has 0 bridgehead atoms. The molecule has 1 N–H and O–H groups in total. The molecule has 134 valence electrons. The van der Waals surface area contributed by atoms with Gasteiger partial charge in [-0.05, 0) is 36.5 Å². The highest BCUT2D eigenvalue weighted by Crippen LogP contribution is 2.31. The zero-order valence-electron chi connectivity index (χ0n) is 14.4. The number of morpholine rings is 1. The zero-order chi connectivity index (χ0) is 16.2. The molecule has 0 amide bonds. The van der Waals surface area contributed by atoms with Crippen LogP contribution in [0.3, 0.4) is 0 Å². The van der Waals surface area contributed by atoms with Crippen molar-refractivity contribution in [2.45, 2.75) is 19.3 Å². The van der Waals surface area contributed by atoms with E-state index >= 15 is 0 Å². The van der Waals surface area contributed by atoms with Crippen molar-refractivity contribution in [3.05, 3.63) is 41.5 Å². The third-order valence-corrected chi connectivity index (χ3v) is 4.88. The van der Waals surface area contributed by atoms with E-state index in [1.54, 1.807) is 0 Å². The molecule has 0 saturated carbocycles. The van der Waals surface area contributed by atoms with Gasteiger partial charge in [-0.15, -0.1) is 22.6 Å². The Morgan fingerprint density at radius 2 is 1.84 bits per heavy atom. The molecular weight excluding hydrogens is 336 g/mol. The number of fused-ring (bicyclic) bond motifs is 3. The second-order valence-corrected chi connectivity index (χ2v) is 6.49. The Morgan fingerprint density at radius 3 is 2.72 bits per heavy atom. The molecule has 1 aliphatic heterocycles. The molecule has 4 rings (SSSR count). The van der Waals surface area contributed by atoms with Crippen LogP contribution in [0.25, 0.3) is 11.3 Å². The topological polar surface area (TPSA) is 50.3 Å². The average molecular weight is 361 g/mol. The van der Waals surface area contributed by atoms with Crippen molar-refractivity contribution in [3.8, 4) is 11.3 Å². The molecule has 2 heterocycles. The van der Waals surface area contributed by atoms with Gasteiger partial charge in [0, 0.05) is 31.7 Å². The van der Waals surface area contributed by atoms with Gasteiger partial charge in [0.25, 0.3) is 0 Å². The number of ether oxygens (including phenoxy) is 1. The summed E-state index contributed by atoms with van der Waals surface area (Å²) in [5.41, 5.74) is 5.00. The molecule has 1 aliphatic carbocycles. The van der Waals surface area contributed by atoms with Crippen LogP contribution in [0.15, 0.2) is 30.3 Å². The summed E-state index contributed by atoms with van der Waals surface area (Å²) in [6, 6.07) is 10.8. The van der Waals surface area contributed by atoms with Crippen molar-refractivity contribution in [1.29, 1.82) is 0 Å². The summed E-state index contributed by atoms with van der Waals surface area (Å²) in [6.45, 7) is 5.65. The minimum atomic E-state index is 0. The molecule has 0 radical (unpaired) electrons. The highest BCUT2D eigenvalue weighted by molar-refractivity contribution is 5.85. The molecule has 0 atom stereocenters. The molecule has 5 nitrogen and oxygen atoms in total. The van der Waals surface area contributed by atoms with Crippen LogP contribution >= 0.6 is 12.4 Å². The van der Waals surface area contributed by atoms with Gasteiger partial charge in [-0.2, -0.15) is 0 Å². The van der Waals surface area contributed by atoms with Crippen LogP contribution in [0.2, 0.25) is 0 Å². The van der Waals surface area contributed by atoms with Crippen LogP contribution in [0, 0.1) is 0 Å². The highest BCUT2D eigenvalue weighted by Gasteiger charge is 2.16. The molecule has 1 aromatic heterocycles. The smallest absolute Gasteiger partial charge is 0.149 e. The van der Waals surface area contributed by atoms with Gasteiger partial charge in [0.15, 0.2) is 0 Å². The number of nitrogens with zero attached hydrogens (tertiary/aromatic N) is 3. The van der Waals surface area contributed by atoms with Gasteiger partial charge in [0.05, 0.1) is 18.9 Å². The summed E-state index contributed by atoms with van der Waals surface area (Å²) in [7, 11) is 0. The van der Waals surface area contributed by atoms with Gasteiger partial charge >= 0.3 is 0 Å². The lowest BCUT2D eigenvalue weighted by molar-refractivity contribution is 0.0398. The fraction of sp³-hybridized carbons (Fsp3) is 0.474. The van der Waals surface area contributed by atoms with Crippen molar-refractivity contribution in [2.24, 2.45) is 0 Å². The van der Waals surface area contributed by atoms with Crippen LogP contribution in [0.1, 0.15) is 17.5 Å². The van der Waals surface area contributed by atoms with Crippen molar-refractivity contribution in [2.75, 3.05) is 44.7 Å². The van der Waals surface area contributed by atoms with Crippen LogP contribution in [-0.4, -0.2) is 54.5 Å². The Bertz CT molecular complexity index is 704. The van der Waals surface area contributed by atoms with Gasteiger partial charge in [0.2, 0.25) is 0 Å². The number of rotatable bonds is 4. The van der Waals surface area contributed by atoms with E-state index in [2.05, 4.69) is 50.7 Å². The molecule has 1 fully saturated rings. The molecule has 6 heteroatoms. The monoisotopic (exact) mass is 360 g/mol. The van der Waals surface area contributed by atoms with Crippen LogP contribution in [-0.2, 0) is 17.6 Å². The maximum Gasteiger partial charge on any atom is 0.149 e. The Kier molecular flexibility index (Phi) is 6.24. The van der Waals surface area contributed by atoms with E-state index in [0.717, 1.165) is 63.7 Å². The Labute approximate surface area is 155 Å². The molecule has 0 unspecified atom stereocenters. The maximum atomic E-state index is 5.38. The zero-order valence-corrected chi connectivity index (χ0v) is 15.2. The fourth-order valence-corrected chi connectivity index (χ4v) is 3.54. The maximum absolute atomic E-state index is 5.38. The predicted molar refractivity (Wildman–Crippen MR) is 102 cm³/mol. The number of hydrogen-bond donors (Lipinski definition) is 1. The minimum absolute atomic E-state index is 0. The second-order valence-electron chi connectivity index (χ2n) is 6.49. The number of aromatic nitrogens is 2. The van der Waals surface area contributed by atoms with Gasteiger partial charge in [-0.3, -0.25) is 4.90 Å². The summed E-state index contributed by atoms with van der Waals surface area (Å²) >= 11 is 0. The van der Waals surface area contributed by atoms with Gasteiger partial charge < -0.3 is 10.1 Å². The van der Waals surface area contributed by atoms with Crippen molar-refractivity contribution < 1.29 is 4.74 Å². The number of halogens is 1. The Hall–Kier alpha value is -1.69. The van der Waals surface area contributed by atoms with Crippen molar-refractivity contribution >= 4 is 18.2 Å². The Balaban J connectivity index is 0.00000182. The first kappa shape index (κ1) is 18.1. The number of hydrogen-bond acceptors (Lipinski definition) is 5. The predicted octanol–water partition coefficient (Wildman–Crippen LogP) is 2.80. The van der Waals surface area contributed by atoms with E-state index in [1.165, 1.54) is 23.1 Å². The van der Waals surface area contributed by atoms with Crippen molar-refractivity contribution in [3.63, 3.8) is 0 Å². The van der Waals surface area contributed by atoms with Gasteiger partial charge in [0.1, 0.15) is 5.82 Å². The summed E-state index contributed by atoms with van der Waals surface area (Å²) in [6.07, 6.45) is 3.35. The summed E-state index contributed by atoms with van der Waals surface area (Å²) in [5.74, 6) is 0.890. The first-order valence-electron chi connectivity index (χ1n) is 8.89. The van der Waals surface area contributed by atoms with E-state index in [4.69, 9.17) is 4.74 Å². The average Bonchev–Trinajstić information content (AvgIpc) is 2.81. The van der Waals surface area contributed by atoms with Crippen molar-refractivity contribution in [1.82, 2.24) is 15.1 Å². The van der Waals surface area contributed by atoms with E-state index < -0.39 is 0 Å². The molecule has 1 saturated heterocycles. The largest absolute Gasteiger partial charge is 0.379 e. The SMILES string of the molecule is Cl.c1ccc2c(c1)CCCc1cc(NCCN3CCOCC3)nnc1-2. The molecule has 2 aromatic rings. The van der Waals surface area contributed by atoms with E-state index in [1.807, 2.05) is 0 Å². The molecule has 2 aliphatic rings. The third-order valence-electron chi connectivity index (χ3n) is 4.88. The number of anilines is 1. The van der Waals surface area contributed by atoms with Gasteiger partial charge in [-0.1, -0.05) is 24.3 Å². The van der Waals surface area contributed by atoms with E-state index in [-0.39, 0.29) is 12.4 Å². The van der Waals surface area contributed by atoms with Crippen LogP contribution in [0.5, 0.6) is 0 Å². The minimum Gasteiger partial charge on any atom is -0.379 e. The quantitative estimate of drug-likeness (QED) is 0.908. The van der Waals surface area contributed by atoms with Crippen LogP contribution in [0.4, 0.5) is 5.82 Å². The molecule has 1 aromatic carbocycles. The van der Waals surface area contributed by atoms with E-state index in [9.17, 15) is 0 Å². The lowest BCUT2D eigenvalue weighted by Crippen LogP contribution is -2.39. The van der Waals surface area contributed by atoms with Gasteiger partial charge in [-0.25, -0.2) is 0 Å². The molecule has 25 heavy (non-hydrogen) atoms. The second kappa shape index (κ2) is 8.61. The van der Waals surface area contributed by atoms with E-state index in [0.29, 0.717) is 0 Å². The number of benzene rings is 1. The summed E-state index contributed by atoms with van der Waals surface area (Å²) < 4.78 is 5.38. The lowest BCUT2D eigenvalue weighted by Gasteiger charge is -2.26. The standard InChI is InChI=1S/C19H24N4O.ClH/c1-2-7-17-15(4-1)5-3-6-16-14-18(21-22-19(16)17)20-8-9-23-10-12-24-13-11-23;/h1-2,4,7,14H,3,5-6,8-13H2,(H,20,21);1H. The molecular formula is C19H25ClN4O. The highest BCUT2D eigenvalue weighted by atomic mass is 35.5. The lowest BCUT2D eigenvalue weighted by atomic mass is 10.0. The normalized spacial score (nSPS) is 17.0. The number of nitrogens with one attached hydrogen (secondary N) is 1. The Morgan fingerprint density at radius 1 is 1.04 bits per heavy atom. The molecule has 0 spiro atoms. The number of aryl methyl sites for hydroxylation is 2. The third kappa shape index (κ3) is 4.29. The van der Waals surface area contributed by atoms with Crippen LogP contribution < -0.4 is 5.32 Å².